The summed E-state index contributed by atoms with van der Waals surface area (Å²) in [7, 11) is 0. The highest BCUT2D eigenvalue weighted by molar-refractivity contribution is 5.51. The van der Waals surface area contributed by atoms with Crippen molar-refractivity contribution in [3.8, 4) is 0 Å². The van der Waals surface area contributed by atoms with Gasteiger partial charge in [0, 0.05) is 18.0 Å². The second-order valence-corrected chi connectivity index (χ2v) is 5.41. The van der Waals surface area contributed by atoms with Crippen LogP contribution in [0.4, 0.5) is 5.82 Å². The fourth-order valence-electron chi connectivity index (χ4n) is 2.78. The Hall–Kier alpha value is -2.63. The summed E-state index contributed by atoms with van der Waals surface area (Å²) in [4.78, 5) is 16.0. The maximum Gasteiger partial charge on any atom is 0.349 e. The molecule has 0 aliphatic heterocycles. The SMILES string of the molecule is Cc1nc(NC2CC2c2ccccc2)cc2n[nH]c(=O)n12. The normalized spacial score (nSPS) is 20.6. The van der Waals surface area contributed by atoms with Gasteiger partial charge in [-0.3, -0.25) is 0 Å². The smallest absolute Gasteiger partial charge is 0.349 e. The molecule has 0 spiro atoms. The summed E-state index contributed by atoms with van der Waals surface area (Å²) in [6, 6.07) is 12.7. The molecule has 0 amide bonds. The van der Waals surface area contributed by atoms with Crippen LogP contribution in [0.5, 0.6) is 0 Å². The number of anilines is 1. The number of fused-ring (bicyclic) bond motifs is 1. The molecule has 0 saturated heterocycles. The van der Waals surface area contributed by atoms with E-state index in [1.54, 1.807) is 13.0 Å². The maximum atomic E-state index is 11.6. The molecule has 1 saturated carbocycles. The van der Waals surface area contributed by atoms with Crippen LogP contribution in [-0.2, 0) is 0 Å². The quantitative estimate of drug-likeness (QED) is 0.766. The van der Waals surface area contributed by atoms with Crippen molar-refractivity contribution >= 4 is 11.5 Å². The Morgan fingerprint density at radius 2 is 2.14 bits per heavy atom. The Morgan fingerprint density at radius 1 is 1.33 bits per heavy atom. The van der Waals surface area contributed by atoms with E-state index >= 15 is 0 Å². The van der Waals surface area contributed by atoms with Gasteiger partial charge in [-0.25, -0.2) is 19.3 Å². The highest BCUT2D eigenvalue weighted by Crippen LogP contribution is 2.42. The van der Waals surface area contributed by atoms with Crippen molar-refractivity contribution in [2.24, 2.45) is 0 Å². The first-order chi connectivity index (χ1) is 10.2. The van der Waals surface area contributed by atoms with Crippen LogP contribution in [0.2, 0.25) is 0 Å². The lowest BCUT2D eigenvalue weighted by Gasteiger charge is -2.07. The Kier molecular flexibility index (Phi) is 2.57. The van der Waals surface area contributed by atoms with Gasteiger partial charge in [-0.2, -0.15) is 5.10 Å². The summed E-state index contributed by atoms with van der Waals surface area (Å²) < 4.78 is 1.47. The third-order valence-electron chi connectivity index (χ3n) is 3.92. The second kappa shape index (κ2) is 4.44. The number of benzene rings is 1. The molecule has 106 valence electrons. The Morgan fingerprint density at radius 3 is 2.95 bits per heavy atom. The summed E-state index contributed by atoms with van der Waals surface area (Å²) in [5.41, 5.74) is 1.69. The predicted molar refractivity (Wildman–Crippen MR) is 79.6 cm³/mol. The van der Waals surface area contributed by atoms with E-state index in [2.05, 4.69) is 44.8 Å². The van der Waals surface area contributed by atoms with Gasteiger partial charge in [0.2, 0.25) is 0 Å². The zero-order valence-electron chi connectivity index (χ0n) is 11.6. The molecule has 21 heavy (non-hydrogen) atoms. The number of hydrogen-bond donors (Lipinski definition) is 2. The lowest BCUT2D eigenvalue weighted by molar-refractivity contribution is 0.927. The molecule has 1 aliphatic rings. The number of aromatic amines is 1. The van der Waals surface area contributed by atoms with Crippen LogP contribution in [0.25, 0.3) is 5.65 Å². The van der Waals surface area contributed by atoms with Crippen LogP contribution in [0, 0.1) is 6.92 Å². The molecule has 2 aromatic heterocycles. The molecule has 1 aromatic carbocycles. The van der Waals surface area contributed by atoms with Crippen LogP contribution < -0.4 is 11.0 Å². The number of H-pyrrole nitrogens is 1. The van der Waals surface area contributed by atoms with Crippen LogP contribution in [0.1, 0.15) is 23.7 Å². The van der Waals surface area contributed by atoms with Crippen molar-refractivity contribution in [3.63, 3.8) is 0 Å². The van der Waals surface area contributed by atoms with Gasteiger partial charge in [-0.15, -0.1) is 0 Å². The van der Waals surface area contributed by atoms with E-state index in [0.29, 0.717) is 23.4 Å². The summed E-state index contributed by atoms with van der Waals surface area (Å²) >= 11 is 0. The van der Waals surface area contributed by atoms with Crippen LogP contribution in [0.15, 0.2) is 41.2 Å². The predicted octanol–water partition coefficient (Wildman–Crippen LogP) is 1.69. The van der Waals surface area contributed by atoms with Gasteiger partial charge in [0.25, 0.3) is 0 Å². The van der Waals surface area contributed by atoms with Crippen molar-refractivity contribution < 1.29 is 0 Å². The van der Waals surface area contributed by atoms with Crippen LogP contribution in [0.3, 0.4) is 0 Å². The first-order valence-electron chi connectivity index (χ1n) is 6.98. The summed E-state index contributed by atoms with van der Waals surface area (Å²) in [5, 5.41) is 9.85. The number of hydrogen-bond acceptors (Lipinski definition) is 4. The van der Waals surface area contributed by atoms with Crippen molar-refractivity contribution in [2.45, 2.75) is 25.3 Å². The molecule has 0 bridgehead atoms. The van der Waals surface area contributed by atoms with Crippen LogP contribution in [-0.4, -0.2) is 25.6 Å². The molecule has 6 nitrogen and oxygen atoms in total. The zero-order chi connectivity index (χ0) is 14.4. The average molecular weight is 281 g/mol. The Balaban J connectivity index is 1.58. The number of rotatable bonds is 3. The van der Waals surface area contributed by atoms with Gasteiger partial charge in [-0.05, 0) is 18.9 Å². The monoisotopic (exact) mass is 281 g/mol. The highest BCUT2D eigenvalue weighted by atomic mass is 16.1. The number of nitrogens with one attached hydrogen (secondary N) is 2. The lowest BCUT2D eigenvalue weighted by atomic mass is 10.1. The van der Waals surface area contributed by atoms with Crippen molar-refractivity contribution in [1.29, 1.82) is 0 Å². The topological polar surface area (TPSA) is 75.1 Å². The van der Waals surface area contributed by atoms with Crippen molar-refractivity contribution in [2.75, 3.05) is 5.32 Å². The minimum atomic E-state index is -0.255. The molecule has 0 radical (unpaired) electrons. The summed E-state index contributed by atoms with van der Waals surface area (Å²) in [5.74, 6) is 1.93. The van der Waals surface area contributed by atoms with E-state index in [1.807, 2.05) is 6.07 Å². The lowest BCUT2D eigenvalue weighted by Crippen LogP contribution is -2.14. The molecule has 4 rings (SSSR count). The Bertz CT molecular complexity index is 851. The zero-order valence-corrected chi connectivity index (χ0v) is 11.6. The largest absolute Gasteiger partial charge is 0.367 e. The third-order valence-corrected chi connectivity index (χ3v) is 3.92. The first-order valence-corrected chi connectivity index (χ1v) is 6.98. The van der Waals surface area contributed by atoms with E-state index in [1.165, 1.54) is 9.96 Å². The highest BCUT2D eigenvalue weighted by Gasteiger charge is 2.38. The third kappa shape index (κ3) is 2.08. The maximum absolute atomic E-state index is 11.6. The molecule has 2 atom stereocenters. The average Bonchev–Trinajstić information content (AvgIpc) is 3.14. The number of nitrogens with zero attached hydrogens (tertiary/aromatic N) is 3. The molecule has 6 heteroatoms. The molecule has 3 aromatic rings. The van der Waals surface area contributed by atoms with Gasteiger partial charge in [0.05, 0.1) is 0 Å². The van der Waals surface area contributed by atoms with E-state index in [-0.39, 0.29) is 5.69 Å². The standard InChI is InChI=1S/C15H15N5O/c1-9-16-13(8-14-18-19-15(21)20(9)14)17-12-7-11(12)10-5-3-2-4-6-10/h2-6,8,11-12,17H,7H2,1H3,(H,19,21). The van der Waals surface area contributed by atoms with E-state index in [9.17, 15) is 4.79 Å². The van der Waals surface area contributed by atoms with Gasteiger partial charge in [0.15, 0.2) is 5.65 Å². The fraction of sp³-hybridized carbons (Fsp3) is 0.267. The summed E-state index contributed by atoms with van der Waals surface area (Å²) in [6.45, 7) is 1.80. The van der Waals surface area contributed by atoms with Crippen molar-refractivity contribution in [3.05, 3.63) is 58.3 Å². The molecule has 2 unspecified atom stereocenters. The van der Waals surface area contributed by atoms with Gasteiger partial charge in [-0.1, -0.05) is 30.3 Å². The molecule has 2 N–H and O–H groups in total. The molecule has 1 aliphatic carbocycles. The van der Waals surface area contributed by atoms with Gasteiger partial charge >= 0.3 is 5.69 Å². The minimum absolute atomic E-state index is 0.255. The van der Waals surface area contributed by atoms with Crippen molar-refractivity contribution in [1.82, 2.24) is 19.6 Å². The second-order valence-electron chi connectivity index (χ2n) is 5.41. The summed E-state index contributed by atoms with van der Waals surface area (Å²) in [6.07, 6.45) is 1.10. The van der Waals surface area contributed by atoms with Crippen LogP contribution >= 0.6 is 0 Å². The van der Waals surface area contributed by atoms with Gasteiger partial charge < -0.3 is 5.32 Å². The number of aryl methyl sites for hydroxylation is 1. The molecule has 2 heterocycles. The molecule has 1 fully saturated rings. The fourth-order valence-corrected chi connectivity index (χ4v) is 2.78. The first kappa shape index (κ1) is 12.1. The minimum Gasteiger partial charge on any atom is -0.367 e. The molecular formula is C15H15N5O. The van der Waals surface area contributed by atoms with E-state index < -0.39 is 0 Å². The number of aromatic nitrogens is 4. The Labute approximate surface area is 120 Å². The van der Waals surface area contributed by atoms with E-state index in [4.69, 9.17) is 0 Å². The molecular weight excluding hydrogens is 266 g/mol. The van der Waals surface area contributed by atoms with Gasteiger partial charge in [0.1, 0.15) is 11.6 Å². The van der Waals surface area contributed by atoms with E-state index in [0.717, 1.165) is 12.2 Å².